The summed E-state index contributed by atoms with van der Waals surface area (Å²) >= 11 is 0. The van der Waals surface area contributed by atoms with Crippen LogP contribution < -0.4 is 0 Å². The number of hydrogen-bond acceptors (Lipinski definition) is 2. The predicted octanol–water partition coefficient (Wildman–Crippen LogP) is 1.88. The Morgan fingerprint density at radius 1 is 1.21 bits per heavy atom. The van der Waals surface area contributed by atoms with Gasteiger partial charge in [-0.3, -0.25) is 4.79 Å². The van der Waals surface area contributed by atoms with Crippen LogP contribution in [0, 0.1) is 6.92 Å². The van der Waals surface area contributed by atoms with Gasteiger partial charge in [-0.25, -0.2) is 4.68 Å². The molecule has 0 saturated carbocycles. The second-order valence-corrected chi connectivity index (χ2v) is 3.07. The highest BCUT2D eigenvalue weighted by Crippen LogP contribution is 2.02. The van der Waals surface area contributed by atoms with Gasteiger partial charge < -0.3 is 0 Å². The van der Waals surface area contributed by atoms with E-state index in [1.807, 2.05) is 25.1 Å². The van der Waals surface area contributed by atoms with E-state index in [0.29, 0.717) is 5.56 Å². The summed E-state index contributed by atoms with van der Waals surface area (Å²) in [6.07, 6.45) is 1.67. The summed E-state index contributed by atoms with van der Waals surface area (Å²) in [5.41, 5.74) is 1.49. The fourth-order valence-corrected chi connectivity index (χ4v) is 1.24. The number of carbonyl (C=O) groups excluding carboxylic acids is 1. The molecule has 0 bridgehead atoms. The zero-order valence-corrected chi connectivity index (χ0v) is 7.84. The fourth-order valence-electron chi connectivity index (χ4n) is 1.24. The van der Waals surface area contributed by atoms with Gasteiger partial charge >= 0.3 is 0 Å². The highest BCUT2D eigenvalue weighted by Gasteiger charge is 2.07. The third-order valence-electron chi connectivity index (χ3n) is 1.95. The number of aromatic nitrogens is 2. The zero-order valence-electron chi connectivity index (χ0n) is 7.84. The second kappa shape index (κ2) is 3.46. The molecule has 1 aromatic carbocycles. The lowest BCUT2D eigenvalue weighted by molar-refractivity contribution is 0.0944. The molecule has 2 rings (SSSR count). The Kier molecular flexibility index (Phi) is 2.14. The second-order valence-electron chi connectivity index (χ2n) is 3.07. The van der Waals surface area contributed by atoms with E-state index in [0.717, 1.165) is 5.69 Å². The molecule has 1 heterocycles. The summed E-state index contributed by atoms with van der Waals surface area (Å²) in [5.74, 6) is -0.0984. The smallest absolute Gasteiger partial charge is 0.267 e. The molecule has 70 valence electrons. The number of nitrogens with zero attached hydrogens (tertiary/aromatic N) is 2. The van der Waals surface area contributed by atoms with Gasteiger partial charge in [0.1, 0.15) is 0 Å². The van der Waals surface area contributed by atoms with Crippen LogP contribution in [0.15, 0.2) is 42.6 Å². The van der Waals surface area contributed by atoms with E-state index in [9.17, 15) is 4.79 Å². The first-order valence-corrected chi connectivity index (χ1v) is 4.39. The van der Waals surface area contributed by atoms with Crippen molar-refractivity contribution in [3.63, 3.8) is 0 Å². The first kappa shape index (κ1) is 8.69. The monoisotopic (exact) mass is 186 g/mol. The van der Waals surface area contributed by atoms with Crippen molar-refractivity contribution in [3.05, 3.63) is 53.9 Å². The van der Waals surface area contributed by atoms with Crippen molar-refractivity contribution in [1.29, 1.82) is 0 Å². The van der Waals surface area contributed by atoms with Crippen LogP contribution in [0.3, 0.4) is 0 Å². The van der Waals surface area contributed by atoms with Crippen LogP contribution in [0.5, 0.6) is 0 Å². The molecular formula is C11H10N2O. The topological polar surface area (TPSA) is 34.9 Å². The van der Waals surface area contributed by atoms with Crippen LogP contribution in [0.2, 0.25) is 0 Å². The summed E-state index contributed by atoms with van der Waals surface area (Å²) in [6, 6.07) is 10.9. The molecule has 0 spiro atoms. The van der Waals surface area contributed by atoms with Crippen molar-refractivity contribution in [1.82, 2.24) is 9.78 Å². The minimum absolute atomic E-state index is 0.0984. The molecule has 0 amide bonds. The van der Waals surface area contributed by atoms with Crippen molar-refractivity contribution in [2.75, 3.05) is 0 Å². The quantitative estimate of drug-likeness (QED) is 0.681. The average Bonchev–Trinajstić information content (AvgIpc) is 2.65. The number of aryl methyl sites for hydroxylation is 1. The highest BCUT2D eigenvalue weighted by molar-refractivity contribution is 5.95. The fraction of sp³-hybridized carbons (Fsp3) is 0.0909. The van der Waals surface area contributed by atoms with Gasteiger partial charge in [-0.2, -0.15) is 5.10 Å². The SMILES string of the molecule is Cc1ccn(C(=O)c2ccccc2)n1. The Morgan fingerprint density at radius 2 is 1.93 bits per heavy atom. The normalized spacial score (nSPS) is 10.1. The molecule has 0 unspecified atom stereocenters. The maximum absolute atomic E-state index is 11.8. The summed E-state index contributed by atoms with van der Waals surface area (Å²) in [4.78, 5) is 11.8. The third kappa shape index (κ3) is 1.57. The van der Waals surface area contributed by atoms with Gasteiger partial charge in [0.25, 0.3) is 5.91 Å². The third-order valence-corrected chi connectivity index (χ3v) is 1.95. The summed E-state index contributed by atoms with van der Waals surface area (Å²) < 4.78 is 1.35. The predicted molar refractivity (Wildman–Crippen MR) is 53.1 cm³/mol. The van der Waals surface area contributed by atoms with E-state index in [1.165, 1.54) is 4.68 Å². The Hall–Kier alpha value is -1.90. The maximum atomic E-state index is 11.8. The molecule has 0 atom stereocenters. The van der Waals surface area contributed by atoms with Crippen molar-refractivity contribution >= 4 is 5.91 Å². The largest absolute Gasteiger partial charge is 0.278 e. The van der Waals surface area contributed by atoms with Crippen molar-refractivity contribution in [3.8, 4) is 0 Å². The molecule has 0 aliphatic heterocycles. The van der Waals surface area contributed by atoms with Crippen LogP contribution in [-0.2, 0) is 0 Å². The van der Waals surface area contributed by atoms with E-state index in [2.05, 4.69) is 5.10 Å². The van der Waals surface area contributed by atoms with Crippen LogP contribution in [0.4, 0.5) is 0 Å². The van der Waals surface area contributed by atoms with Crippen LogP contribution in [-0.4, -0.2) is 15.7 Å². The van der Waals surface area contributed by atoms with Crippen LogP contribution >= 0.6 is 0 Å². The first-order valence-electron chi connectivity index (χ1n) is 4.39. The Labute approximate surface area is 82.0 Å². The van der Waals surface area contributed by atoms with Gasteiger partial charge in [-0.1, -0.05) is 18.2 Å². The van der Waals surface area contributed by atoms with Gasteiger partial charge in [0.15, 0.2) is 0 Å². The number of rotatable bonds is 1. The van der Waals surface area contributed by atoms with Crippen molar-refractivity contribution < 1.29 is 4.79 Å². The molecule has 1 aromatic heterocycles. The lowest BCUT2D eigenvalue weighted by Crippen LogP contribution is -2.12. The average molecular weight is 186 g/mol. The van der Waals surface area contributed by atoms with Gasteiger partial charge in [-0.15, -0.1) is 0 Å². The van der Waals surface area contributed by atoms with Gasteiger partial charge in [0.2, 0.25) is 0 Å². The van der Waals surface area contributed by atoms with E-state index in [-0.39, 0.29) is 5.91 Å². The molecular weight excluding hydrogens is 176 g/mol. The summed E-state index contributed by atoms with van der Waals surface area (Å²) in [5, 5.41) is 4.05. The minimum Gasteiger partial charge on any atom is -0.267 e. The lowest BCUT2D eigenvalue weighted by atomic mass is 10.2. The number of hydrogen-bond donors (Lipinski definition) is 0. The minimum atomic E-state index is -0.0984. The van der Waals surface area contributed by atoms with E-state index < -0.39 is 0 Å². The molecule has 2 aromatic rings. The van der Waals surface area contributed by atoms with E-state index >= 15 is 0 Å². The number of benzene rings is 1. The van der Waals surface area contributed by atoms with Crippen molar-refractivity contribution in [2.45, 2.75) is 6.92 Å². The van der Waals surface area contributed by atoms with E-state index in [1.54, 1.807) is 24.4 Å². The molecule has 0 saturated heterocycles. The molecule has 0 aliphatic carbocycles. The molecule has 3 heteroatoms. The van der Waals surface area contributed by atoms with Crippen LogP contribution in [0.1, 0.15) is 16.1 Å². The summed E-state index contributed by atoms with van der Waals surface area (Å²) in [6.45, 7) is 1.86. The van der Waals surface area contributed by atoms with Gasteiger partial charge in [-0.05, 0) is 25.1 Å². The van der Waals surface area contributed by atoms with E-state index in [4.69, 9.17) is 0 Å². The Balaban J connectivity index is 2.34. The number of carbonyl (C=O) groups is 1. The Bertz CT molecular complexity index is 445. The van der Waals surface area contributed by atoms with Crippen molar-refractivity contribution in [2.24, 2.45) is 0 Å². The standard InChI is InChI=1S/C11H10N2O/c1-9-7-8-13(12-9)11(14)10-5-3-2-4-6-10/h2-8H,1H3. The molecule has 0 radical (unpaired) electrons. The zero-order chi connectivity index (χ0) is 9.97. The van der Waals surface area contributed by atoms with Crippen LogP contribution in [0.25, 0.3) is 0 Å². The molecule has 0 N–H and O–H groups in total. The molecule has 3 nitrogen and oxygen atoms in total. The highest BCUT2D eigenvalue weighted by atomic mass is 16.2. The molecule has 0 aliphatic rings. The maximum Gasteiger partial charge on any atom is 0.278 e. The molecule has 14 heavy (non-hydrogen) atoms. The molecule has 0 fully saturated rings. The summed E-state index contributed by atoms with van der Waals surface area (Å²) in [7, 11) is 0. The lowest BCUT2D eigenvalue weighted by Gasteiger charge is -1.98. The Morgan fingerprint density at radius 3 is 2.50 bits per heavy atom. The van der Waals surface area contributed by atoms with Gasteiger partial charge in [0.05, 0.1) is 5.69 Å². The van der Waals surface area contributed by atoms with Gasteiger partial charge in [0, 0.05) is 11.8 Å². The first-order chi connectivity index (χ1) is 6.77.